The fourth-order valence-electron chi connectivity index (χ4n) is 5.02. The number of carbonyl (C=O) groups excluding carboxylic acids is 1. The monoisotopic (exact) mass is 525 g/mol. The number of hydrogen-bond donors (Lipinski definition) is 1. The Morgan fingerprint density at radius 1 is 1.08 bits per heavy atom. The second kappa shape index (κ2) is 11.5. The molecular formula is C31H35N5O3. The van der Waals surface area contributed by atoms with Gasteiger partial charge in [-0.3, -0.25) is 9.78 Å². The van der Waals surface area contributed by atoms with E-state index in [1.807, 2.05) is 68.4 Å². The molecule has 0 bridgehead atoms. The summed E-state index contributed by atoms with van der Waals surface area (Å²) in [6.07, 6.45) is 2.02. The smallest absolute Gasteiger partial charge is 0.251 e. The first kappa shape index (κ1) is 26.7. The molecule has 0 spiro atoms. The quantitative estimate of drug-likeness (QED) is 0.352. The zero-order valence-corrected chi connectivity index (χ0v) is 23.1. The Balaban J connectivity index is 1.33. The van der Waals surface area contributed by atoms with Crippen LogP contribution in [0.1, 0.15) is 54.1 Å². The summed E-state index contributed by atoms with van der Waals surface area (Å²) in [7, 11) is 1.67. The maximum Gasteiger partial charge on any atom is 0.251 e. The Bertz CT molecular complexity index is 1480. The fraction of sp³-hybridized carbons (Fsp3) is 0.355. The van der Waals surface area contributed by atoms with Crippen molar-refractivity contribution in [3.05, 3.63) is 83.2 Å². The van der Waals surface area contributed by atoms with Gasteiger partial charge < -0.3 is 19.7 Å². The van der Waals surface area contributed by atoms with Gasteiger partial charge in [-0.25, -0.2) is 9.97 Å². The van der Waals surface area contributed by atoms with E-state index in [9.17, 15) is 4.79 Å². The normalized spacial score (nSPS) is 18.2. The number of rotatable bonds is 7. The van der Waals surface area contributed by atoms with Crippen LogP contribution in [0, 0.1) is 6.92 Å². The maximum absolute atomic E-state index is 12.9. The van der Waals surface area contributed by atoms with Crippen LogP contribution in [0.25, 0.3) is 22.3 Å². The van der Waals surface area contributed by atoms with Crippen molar-refractivity contribution in [2.45, 2.75) is 52.6 Å². The highest BCUT2D eigenvalue weighted by atomic mass is 16.5. The fourth-order valence-corrected chi connectivity index (χ4v) is 5.02. The molecule has 202 valence electrons. The van der Waals surface area contributed by atoms with Crippen LogP contribution in [-0.4, -0.2) is 53.3 Å². The molecule has 4 heterocycles. The number of aryl methyl sites for hydroxylation is 1. The molecule has 4 aromatic rings. The van der Waals surface area contributed by atoms with Crippen LogP contribution < -0.4 is 10.2 Å². The summed E-state index contributed by atoms with van der Waals surface area (Å²) in [6, 6.07) is 17.6. The Kier molecular flexibility index (Phi) is 7.86. The summed E-state index contributed by atoms with van der Waals surface area (Å²) in [5.74, 6) is 0.768. The van der Waals surface area contributed by atoms with E-state index in [0.29, 0.717) is 12.1 Å². The van der Waals surface area contributed by atoms with Gasteiger partial charge in [0.25, 0.3) is 5.91 Å². The zero-order chi connectivity index (χ0) is 27.5. The zero-order valence-electron chi connectivity index (χ0n) is 23.1. The average molecular weight is 526 g/mol. The largest absolute Gasteiger partial charge is 0.377 e. The second-order valence-electron chi connectivity index (χ2n) is 10.2. The standard InChI is InChI=1S/C31H35N5O3/c1-19-9-10-23(13-26(19)22(4)38-5)31(37)33-16-25-14-29-24(15-32-25)11-12-28(34-29)27-7-6-8-30(35-27)36-17-20(2)39-21(3)18-36/h6-15,20-22H,16-18H2,1-5H3,(H,33,37)/t20-,21+,22-/m0/s1. The third kappa shape index (κ3) is 6.08. The average Bonchev–Trinajstić information content (AvgIpc) is 2.95. The lowest BCUT2D eigenvalue weighted by Gasteiger charge is -2.36. The molecule has 0 aliphatic carbocycles. The molecular weight excluding hydrogens is 490 g/mol. The van der Waals surface area contributed by atoms with Crippen LogP contribution in [0.15, 0.2) is 60.8 Å². The molecule has 1 N–H and O–H groups in total. The third-order valence-corrected chi connectivity index (χ3v) is 7.13. The van der Waals surface area contributed by atoms with Gasteiger partial charge in [-0.1, -0.05) is 12.1 Å². The first-order chi connectivity index (χ1) is 18.8. The van der Waals surface area contributed by atoms with Crippen LogP contribution in [-0.2, 0) is 16.0 Å². The van der Waals surface area contributed by atoms with Crippen molar-refractivity contribution in [2.75, 3.05) is 25.1 Å². The maximum atomic E-state index is 12.9. The number of hydrogen-bond acceptors (Lipinski definition) is 7. The number of methoxy groups -OCH3 is 1. The van der Waals surface area contributed by atoms with Crippen molar-refractivity contribution in [1.29, 1.82) is 0 Å². The van der Waals surface area contributed by atoms with E-state index in [2.05, 4.69) is 29.0 Å². The summed E-state index contributed by atoms with van der Waals surface area (Å²) in [6.45, 7) is 10.1. The Hall–Kier alpha value is -3.88. The number of nitrogens with one attached hydrogen (secondary N) is 1. The number of fused-ring (bicyclic) bond motifs is 1. The van der Waals surface area contributed by atoms with Crippen molar-refractivity contribution in [3.8, 4) is 11.4 Å². The molecule has 8 heteroatoms. The lowest BCUT2D eigenvalue weighted by Crippen LogP contribution is -2.45. The van der Waals surface area contributed by atoms with E-state index in [4.69, 9.17) is 19.4 Å². The van der Waals surface area contributed by atoms with E-state index in [0.717, 1.165) is 58.0 Å². The second-order valence-corrected chi connectivity index (χ2v) is 10.2. The van der Waals surface area contributed by atoms with Gasteiger partial charge in [-0.2, -0.15) is 0 Å². The Morgan fingerprint density at radius 3 is 2.62 bits per heavy atom. The number of pyridine rings is 3. The van der Waals surface area contributed by atoms with Gasteiger partial charge in [0.2, 0.25) is 0 Å². The van der Waals surface area contributed by atoms with E-state index in [1.54, 1.807) is 13.3 Å². The van der Waals surface area contributed by atoms with E-state index >= 15 is 0 Å². The summed E-state index contributed by atoms with van der Waals surface area (Å²) in [4.78, 5) is 29.5. The highest BCUT2D eigenvalue weighted by Gasteiger charge is 2.23. The number of ether oxygens (including phenoxy) is 2. The molecule has 3 atom stereocenters. The molecule has 1 aliphatic rings. The minimum Gasteiger partial charge on any atom is -0.377 e. The van der Waals surface area contributed by atoms with Gasteiger partial charge in [-0.15, -0.1) is 0 Å². The topological polar surface area (TPSA) is 89.5 Å². The van der Waals surface area contributed by atoms with Crippen LogP contribution >= 0.6 is 0 Å². The highest BCUT2D eigenvalue weighted by molar-refractivity contribution is 5.94. The third-order valence-electron chi connectivity index (χ3n) is 7.13. The predicted octanol–water partition coefficient (Wildman–Crippen LogP) is 5.25. The molecule has 1 amide bonds. The Morgan fingerprint density at radius 2 is 1.85 bits per heavy atom. The number of carbonyl (C=O) groups is 1. The van der Waals surface area contributed by atoms with Crippen molar-refractivity contribution < 1.29 is 14.3 Å². The molecule has 1 fully saturated rings. The van der Waals surface area contributed by atoms with Gasteiger partial charge in [-0.05, 0) is 81.3 Å². The van der Waals surface area contributed by atoms with Gasteiger partial charge >= 0.3 is 0 Å². The number of nitrogens with zero attached hydrogens (tertiary/aromatic N) is 4. The minimum absolute atomic E-state index is 0.0867. The van der Waals surface area contributed by atoms with Gasteiger partial charge in [0.15, 0.2) is 0 Å². The lowest BCUT2D eigenvalue weighted by molar-refractivity contribution is -0.00545. The highest BCUT2D eigenvalue weighted by Crippen LogP contribution is 2.25. The molecule has 0 saturated carbocycles. The minimum atomic E-state index is -0.157. The molecule has 39 heavy (non-hydrogen) atoms. The molecule has 1 saturated heterocycles. The summed E-state index contributed by atoms with van der Waals surface area (Å²) in [5.41, 5.74) is 5.83. The van der Waals surface area contributed by atoms with Crippen LogP contribution in [0.4, 0.5) is 5.82 Å². The van der Waals surface area contributed by atoms with E-state index < -0.39 is 0 Å². The molecule has 3 aromatic heterocycles. The van der Waals surface area contributed by atoms with Crippen LogP contribution in [0.2, 0.25) is 0 Å². The molecule has 1 aromatic carbocycles. The number of benzene rings is 1. The number of amides is 1. The van der Waals surface area contributed by atoms with Crippen molar-refractivity contribution in [3.63, 3.8) is 0 Å². The summed E-state index contributed by atoms with van der Waals surface area (Å²) >= 11 is 0. The number of morpholine rings is 1. The predicted molar refractivity (Wildman–Crippen MR) is 153 cm³/mol. The van der Waals surface area contributed by atoms with Gasteiger partial charge in [0.1, 0.15) is 5.82 Å². The first-order valence-corrected chi connectivity index (χ1v) is 13.4. The van der Waals surface area contributed by atoms with Crippen molar-refractivity contribution in [2.24, 2.45) is 0 Å². The molecule has 8 nitrogen and oxygen atoms in total. The van der Waals surface area contributed by atoms with Crippen molar-refractivity contribution in [1.82, 2.24) is 20.3 Å². The molecule has 1 aliphatic heterocycles. The molecule has 0 radical (unpaired) electrons. The lowest BCUT2D eigenvalue weighted by atomic mass is 10.0. The SMILES string of the molecule is CO[C@@H](C)c1cc(C(=O)NCc2cc3nc(-c4cccc(N5C[C@@H](C)O[C@@H](C)C5)n4)ccc3cn2)ccc1C. The molecule has 5 rings (SSSR count). The van der Waals surface area contributed by atoms with Crippen molar-refractivity contribution >= 4 is 22.6 Å². The van der Waals surface area contributed by atoms with Crippen LogP contribution in [0.3, 0.4) is 0 Å². The van der Waals surface area contributed by atoms with Crippen LogP contribution in [0.5, 0.6) is 0 Å². The number of aromatic nitrogens is 3. The summed E-state index contributed by atoms with van der Waals surface area (Å²) in [5, 5.41) is 3.91. The Labute approximate surface area is 229 Å². The first-order valence-electron chi connectivity index (χ1n) is 13.4. The number of anilines is 1. The van der Waals surface area contributed by atoms with Gasteiger partial charge in [0.05, 0.1) is 47.5 Å². The van der Waals surface area contributed by atoms with E-state index in [1.165, 1.54) is 0 Å². The summed E-state index contributed by atoms with van der Waals surface area (Å²) < 4.78 is 11.3. The van der Waals surface area contributed by atoms with E-state index in [-0.39, 0.29) is 24.2 Å². The molecule has 0 unspecified atom stereocenters. The van der Waals surface area contributed by atoms with Gasteiger partial charge in [0, 0.05) is 37.3 Å².